The standard InChI is InChI=1S/C16H19NO4/c1-2-9-21-16(20)17-14-7-5-11(6-8-14)12-3-4-13(10-12)15(18)19/h2,5-8,12-13H,1,3-4,9-10H2,(H,17,20)(H,18,19)/t12-,13-/m1/s1. The van der Waals surface area contributed by atoms with Crippen molar-refractivity contribution in [2.45, 2.75) is 25.2 Å². The van der Waals surface area contributed by atoms with E-state index in [2.05, 4.69) is 11.9 Å². The number of aliphatic carboxylic acids is 1. The van der Waals surface area contributed by atoms with Crippen LogP contribution in [-0.4, -0.2) is 23.8 Å². The van der Waals surface area contributed by atoms with E-state index in [-0.39, 0.29) is 18.4 Å². The molecule has 1 fully saturated rings. The maximum absolute atomic E-state index is 11.4. The Bertz CT molecular complexity index is 524. The number of carbonyl (C=O) groups excluding carboxylic acids is 1. The second-order valence-corrected chi connectivity index (χ2v) is 5.18. The SMILES string of the molecule is C=CCOC(=O)Nc1ccc([C@@H]2CC[C@@H](C(=O)O)C2)cc1. The molecule has 0 heterocycles. The lowest BCUT2D eigenvalue weighted by Gasteiger charge is -2.11. The average Bonchev–Trinajstić information content (AvgIpc) is 2.96. The lowest BCUT2D eigenvalue weighted by atomic mass is 9.96. The summed E-state index contributed by atoms with van der Waals surface area (Å²) in [7, 11) is 0. The highest BCUT2D eigenvalue weighted by molar-refractivity contribution is 5.84. The Labute approximate surface area is 123 Å². The van der Waals surface area contributed by atoms with Crippen LogP contribution in [0.2, 0.25) is 0 Å². The van der Waals surface area contributed by atoms with Crippen molar-refractivity contribution in [3.05, 3.63) is 42.5 Å². The minimum absolute atomic E-state index is 0.169. The minimum Gasteiger partial charge on any atom is -0.481 e. The van der Waals surface area contributed by atoms with Crippen LogP contribution in [0.15, 0.2) is 36.9 Å². The number of nitrogens with one attached hydrogen (secondary N) is 1. The zero-order chi connectivity index (χ0) is 15.2. The summed E-state index contributed by atoms with van der Waals surface area (Å²) in [6.45, 7) is 3.64. The van der Waals surface area contributed by atoms with E-state index in [4.69, 9.17) is 9.84 Å². The summed E-state index contributed by atoms with van der Waals surface area (Å²) in [5.74, 6) is -0.657. The van der Waals surface area contributed by atoms with Crippen molar-refractivity contribution in [1.29, 1.82) is 0 Å². The molecule has 2 atom stereocenters. The summed E-state index contributed by atoms with van der Waals surface area (Å²) in [5.41, 5.74) is 1.77. The maximum atomic E-state index is 11.4. The summed E-state index contributed by atoms with van der Waals surface area (Å²) in [5, 5.41) is 11.6. The quantitative estimate of drug-likeness (QED) is 0.815. The molecule has 5 nitrogen and oxygen atoms in total. The van der Waals surface area contributed by atoms with Gasteiger partial charge in [0.15, 0.2) is 0 Å². The molecule has 1 amide bonds. The third-order valence-corrected chi connectivity index (χ3v) is 3.74. The topological polar surface area (TPSA) is 75.6 Å². The van der Waals surface area contributed by atoms with Gasteiger partial charge in [-0.05, 0) is 42.9 Å². The lowest BCUT2D eigenvalue weighted by Crippen LogP contribution is -2.13. The Kier molecular flexibility index (Phi) is 4.98. The fourth-order valence-electron chi connectivity index (χ4n) is 2.64. The first-order chi connectivity index (χ1) is 10.1. The first kappa shape index (κ1) is 15.1. The van der Waals surface area contributed by atoms with E-state index < -0.39 is 12.1 Å². The van der Waals surface area contributed by atoms with Crippen LogP contribution in [0.1, 0.15) is 30.7 Å². The van der Waals surface area contributed by atoms with E-state index in [1.165, 1.54) is 6.08 Å². The molecule has 5 heteroatoms. The van der Waals surface area contributed by atoms with Crippen molar-refractivity contribution in [2.24, 2.45) is 5.92 Å². The molecule has 0 spiro atoms. The van der Waals surface area contributed by atoms with E-state index in [0.29, 0.717) is 12.1 Å². The van der Waals surface area contributed by atoms with Gasteiger partial charge in [-0.15, -0.1) is 0 Å². The van der Waals surface area contributed by atoms with E-state index in [1.807, 2.05) is 12.1 Å². The van der Waals surface area contributed by atoms with Gasteiger partial charge in [0.2, 0.25) is 0 Å². The highest BCUT2D eigenvalue weighted by atomic mass is 16.5. The molecule has 1 aliphatic rings. The second-order valence-electron chi connectivity index (χ2n) is 5.18. The molecule has 0 aliphatic heterocycles. The van der Waals surface area contributed by atoms with Gasteiger partial charge in [-0.1, -0.05) is 24.8 Å². The Morgan fingerprint density at radius 1 is 1.33 bits per heavy atom. The number of carboxylic acid groups (broad SMARTS) is 1. The molecule has 0 unspecified atom stereocenters. The zero-order valence-corrected chi connectivity index (χ0v) is 11.7. The number of hydrogen-bond acceptors (Lipinski definition) is 3. The van der Waals surface area contributed by atoms with Crippen LogP contribution in [-0.2, 0) is 9.53 Å². The molecule has 0 radical (unpaired) electrons. The van der Waals surface area contributed by atoms with Gasteiger partial charge < -0.3 is 9.84 Å². The Morgan fingerprint density at radius 3 is 2.62 bits per heavy atom. The van der Waals surface area contributed by atoms with Gasteiger partial charge in [-0.3, -0.25) is 10.1 Å². The number of anilines is 1. The van der Waals surface area contributed by atoms with Crippen molar-refractivity contribution in [3.63, 3.8) is 0 Å². The summed E-state index contributed by atoms with van der Waals surface area (Å²) in [4.78, 5) is 22.4. The summed E-state index contributed by atoms with van der Waals surface area (Å²) < 4.78 is 4.83. The number of hydrogen-bond donors (Lipinski definition) is 2. The first-order valence-corrected chi connectivity index (χ1v) is 6.97. The van der Waals surface area contributed by atoms with Crippen molar-refractivity contribution in [2.75, 3.05) is 11.9 Å². The van der Waals surface area contributed by atoms with Gasteiger partial charge in [0, 0.05) is 5.69 Å². The van der Waals surface area contributed by atoms with Gasteiger partial charge in [0.25, 0.3) is 0 Å². The van der Waals surface area contributed by atoms with Crippen molar-refractivity contribution >= 4 is 17.7 Å². The number of benzene rings is 1. The van der Waals surface area contributed by atoms with E-state index in [0.717, 1.165) is 18.4 Å². The van der Waals surface area contributed by atoms with E-state index >= 15 is 0 Å². The Balaban J connectivity index is 1.92. The normalized spacial score (nSPS) is 20.8. The highest BCUT2D eigenvalue weighted by Gasteiger charge is 2.30. The number of ether oxygens (including phenoxy) is 1. The summed E-state index contributed by atoms with van der Waals surface area (Å²) >= 11 is 0. The van der Waals surface area contributed by atoms with Gasteiger partial charge in [0.1, 0.15) is 6.61 Å². The van der Waals surface area contributed by atoms with Gasteiger partial charge in [-0.25, -0.2) is 4.79 Å². The third-order valence-electron chi connectivity index (χ3n) is 3.74. The van der Waals surface area contributed by atoms with Gasteiger partial charge in [-0.2, -0.15) is 0 Å². The van der Waals surface area contributed by atoms with E-state index in [1.54, 1.807) is 12.1 Å². The zero-order valence-electron chi connectivity index (χ0n) is 11.7. The molecular weight excluding hydrogens is 270 g/mol. The number of carboxylic acids is 1. The Morgan fingerprint density at radius 2 is 2.05 bits per heavy atom. The highest BCUT2D eigenvalue weighted by Crippen LogP contribution is 2.38. The largest absolute Gasteiger partial charge is 0.481 e. The summed E-state index contributed by atoms with van der Waals surface area (Å²) in [6.07, 6.45) is 3.29. The smallest absolute Gasteiger partial charge is 0.411 e. The number of carbonyl (C=O) groups is 2. The fraction of sp³-hybridized carbons (Fsp3) is 0.375. The maximum Gasteiger partial charge on any atom is 0.411 e. The predicted octanol–water partition coefficient (Wildman–Crippen LogP) is 3.39. The molecule has 1 aromatic rings. The molecular formula is C16H19NO4. The first-order valence-electron chi connectivity index (χ1n) is 6.97. The molecule has 2 N–H and O–H groups in total. The van der Waals surface area contributed by atoms with Crippen LogP contribution in [0.3, 0.4) is 0 Å². The monoisotopic (exact) mass is 289 g/mol. The molecule has 1 saturated carbocycles. The van der Waals surface area contributed by atoms with Crippen LogP contribution in [0, 0.1) is 5.92 Å². The minimum atomic E-state index is -0.708. The van der Waals surface area contributed by atoms with Crippen molar-refractivity contribution < 1.29 is 19.4 Å². The van der Waals surface area contributed by atoms with Gasteiger partial charge in [0.05, 0.1) is 5.92 Å². The number of amides is 1. The van der Waals surface area contributed by atoms with Crippen molar-refractivity contribution in [3.8, 4) is 0 Å². The predicted molar refractivity (Wildman–Crippen MR) is 79.3 cm³/mol. The van der Waals surface area contributed by atoms with Crippen LogP contribution < -0.4 is 5.32 Å². The van der Waals surface area contributed by atoms with Crippen LogP contribution >= 0.6 is 0 Å². The molecule has 0 bridgehead atoms. The van der Waals surface area contributed by atoms with Crippen LogP contribution in [0.5, 0.6) is 0 Å². The van der Waals surface area contributed by atoms with Gasteiger partial charge >= 0.3 is 12.1 Å². The average molecular weight is 289 g/mol. The van der Waals surface area contributed by atoms with Crippen LogP contribution in [0.25, 0.3) is 0 Å². The van der Waals surface area contributed by atoms with Crippen molar-refractivity contribution in [1.82, 2.24) is 0 Å². The number of rotatable bonds is 5. The Hall–Kier alpha value is -2.30. The fourth-order valence-corrected chi connectivity index (χ4v) is 2.64. The second kappa shape index (κ2) is 6.92. The molecule has 21 heavy (non-hydrogen) atoms. The molecule has 1 aliphatic carbocycles. The lowest BCUT2D eigenvalue weighted by molar-refractivity contribution is -0.141. The molecule has 0 aromatic heterocycles. The van der Waals surface area contributed by atoms with Crippen LogP contribution in [0.4, 0.5) is 10.5 Å². The molecule has 112 valence electrons. The molecule has 1 aromatic carbocycles. The van der Waals surface area contributed by atoms with E-state index in [9.17, 15) is 9.59 Å². The summed E-state index contributed by atoms with van der Waals surface area (Å²) in [6, 6.07) is 7.47. The molecule has 2 rings (SSSR count). The molecule has 0 saturated heterocycles. The third kappa shape index (κ3) is 4.08.